The van der Waals surface area contributed by atoms with Crippen molar-refractivity contribution in [3.8, 4) is 0 Å². The third kappa shape index (κ3) is 42.9. The third-order valence-electron chi connectivity index (χ3n) is 9.41. The fourth-order valence-electron chi connectivity index (χ4n) is 6.15. The molecular formula is C44H81O8P. The van der Waals surface area contributed by atoms with E-state index in [4.69, 9.17) is 19.3 Å². The van der Waals surface area contributed by atoms with Crippen molar-refractivity contribution in [3.05, 3.63) is 36.5 Å². The van der Waals surface area contributed by atoms with Crippen LogP contribution in [0.4, 0.5) is 0 Å². The lowest BCUT2D eigenvalue weighted by molar-refractivity contribution is -0.161. The summed E-state index contributed by atoms with van der Waals surface area (Å²) in [6.07, 6.45) is 47.3. The Labute approximate surface area is 325 Å². The number of carbonyl (C=O) groups is 2. The topological polar surface area (TPSA) is 119 Å². The highest BCUT2D eigenvalue weighted by Gasteiger charge is 2.22. The van der Waals surface area contributed by atoms with Crippen LogP contribution in [0.1, 0.15) is 213 Å². The van der Waals surface area contributed by atoms with Gasteiger partial charge in [-0.25, -0.2) is 4.57 Å². The molecule has 0 fully saturated rings. The summed E-state index contributed by atoms with van der Waals surface area (Å²) in [6.45, 7) is 3.64. The van der Waals surface area contributed by atoms with Gasteiger partial charge in [0.1, 0.15) is 6.61 Å². The van der Waals surface area contributed by atoms with Crippen LogP contribution in [0.5, 0.6) is 0 Å². The fraction of sp³-hybridized carbons (Fsp3) is 0.818. The normalized spacial score (nSPS) is 12.8. The molecule has 0 aliphatic carbocycles. The molecule has 0 heterocycles. The quantitative estimate of drug-likeness (QED) is 0.0274. The van der Waals surface area contributed by atoms with Crippen molar-refractivity contribution in [1.82, 2.24) is 0 Å². The highest BCUT2D eigenvalue weighted by molar-refractivity contribution is 7.46. The SMILES string of the molecule is CCCCC/C=C/C/C=C/C/C=C/CCCCC(=O)O[C@H](COC(=O)CCCCCCCCCCCCCCCCCCCCCC)COP(=O)(O)O. The standard InChI is InChI=1S/C44H81O8P/c1-3-5-7-9-11-13-15-17-19-20-21-22-23-25-26-28-30-32-34-36-38-43(45)50-40-42(41-51-53(47,48)49)52-44(46)39-37-35-33-31-29-27-24-18-16-14-12-10-8-6-4-2/h12,14,18,24,29,31,42H,3-11,13,15-17,19-23,25-28,30,32-41H2,1-2H3,(H2,47,48,49)/b14-12+,24-18+,31-29+/t42-/m1/s1. The minimum Gasteiger partial charge on any atom is -0.462 e. The molecule has 0 saturated carbocycles. The van der Waals surface area contributed by atoms with Crippen LogP contribution in [0.25, 0.3) is 0 Å². The Morgan fingerprint density at radius 3 is 1.30 bits per heavy atom. The Kier molecular flexibility index (Phi) is 38.6. The average molecular weight is 769 g/mol. The van der Waals surface area contributed by atoms with E-state index in [1.807, 2.05) is 0 Å². The first-order valence-corrected chi connectivity index (χ1v) is 23.3. The van der Waals surface area contributed by atoms with E-state index in [1.165, 1.54) is 128 Å². The zero-order valence-corrected chi connectivity index (χ0v) is 35.1. The van der Waals surface area contributed by atoms with Crippen LogP contribution in [-0.2, 0) is 28.2 Å². The number of carbonyl (C=O) groups excluding carboxylic acids is 2. The maximum atomic E-state index is 12.4. The lowest BCUT2D eigenvalue weighted by Gasteiger charge is -2.18. The minimum atomic E-state index is -4.76. The molecule has 0 spiro atoms. The van der Waals surface area contributed by atoms with E-state index in [0.29, 0.717) is 6.42 Å². The van der Waals surface area contributed by atoms with Crippen molar-refractivity contribution in [3.63, 3.8) is 0 Å². The number of phosphoric acid groups is 1. The minimum absolute atomic E-state index is 0.165. The first-order valence-electron chi connectivity index (χ1n) is 21.8. The molecule has 2 N–H and O–H groups in total. The summed E-state index contributed by atoms with van der Waals surface area (Å²) < 4.78 is 26.4. The van der Waals surface area contributed by atoms with E-state index in [2.05, 4.69) is 54.8 Å². The second-order valence-electron chi connectivity index (χ2n) is 14.7. The van der Waals surface area contributed by atoms with Gasteiger partial charge in [-0.15, -0.1) is 0 Å². The van der Waals surface area contributed by atoms with Gasteiger partial charge in [-0.1, -0.05) is 185 Å². The van der Waals surface area contributed by atoms with E-state index in [9.17, 15) is 14.2 Å². The van der Waals surface area contributed by atoms with Gasteiger partial charge < -0.3 is 19.3 Å². The first kappa shape index (κ1) is 51.3. The van der Waals surface area contributed by atoms with Crippen molar-refractivity contribution in [2.45, 2.75) is 219 Å². The molecule has 0 aromatic rings. The van der Waals surface area contributed by atoms with Crippen molar-refractivity contribution >= 4 is 19.8 Å². The van der Waals surface area contributed by atoms with Crippen LogP contribution in [0.15, 0.2) is 36.5 Å². The summed E-state index contributed by atoms with van der Waals surface area (Å²) >= 11 is 0. The number of unbranched alkanes of at least 4 members (excludes halogenated alkanes) is 24. The number of rotatable bonds is 40. The number of phosphoric ester groups is 1. The Morgan fingerprint density at radius 2 is 0.849 bits per heavy atom. The van der Waals surface area contributed by atoms with Gasteiger partial charge in [0.15, 0.2) is 6.10 Å². The lowest BCUT2D eigenvalue weighted by atomic mass is 10.0. The van der Waals surface area contributed by atoms with Crippen molar-refractivity contribution < 1.29 is 37.9 Å². The Bertz CT molecular complexity index is 957. The highest BCUT2D eigenvalue weighted by Crippen LogP contribution is 2.36. The van der Waals surface area contributed by atoms with E-state index in [-0.39, 0.29) is 19.4 Å². The molecule has 0 aromatic heterocycles. The molecule has 8 nitrogen and oxygen atoms in total. The summed E-state index contributed by atoms with van der Waals surface area (Å²) in [7, 11) is -4.76. The smallest absolute Gasteiger partial charge is 0.462 e. The second kappa shape index (κ2) is 39.9. The van der Waals surface area contributed by atoms with Gasteiger partial charge in [0.25, 0.3) is 0 Å². The van der Waals surface area contributed by atoms with Gasteiger partial charge in [-0.3, -0.25) is 14.1 Å². The van der Waals surface area contributed by atoms with E-state index < -0.39 is 32.5 Å². The monoisotopic (exact) mass is 769 g/mol. The molecular weight excluding hydrogens is 687 g/mol. The van der Waals surface area contributed by atoms with Gasteiger partial charge in [-0.2, -0.15) is 0 Å². The molecule has 0 bridgehead atoms. The number of hydrogen-bond donors (Lipinski definition) is 2. The highest BCUT2D eigenvalue weighted by atomic mass is 31.2. The number of allylic oxidation sites excluding steroid dienone is 6. The van der Waals surface area contributed by atoms with E-state index >= 15 is 0 Å². The molecule has 0 aliphatic rings. The summed E-state index contributed by atoms with van der Waals surface area (Å²) in [6, 6.07) is 0. The predicted octanol–water partition coefficient (Wildman–Crippen LogP) is 13.4. The Hall–Kier alpha value is -1.73. The molecule has 0 unspecified atom stereocenters. The molecule has 1 atom stereocenters. The Morgan fingerprint density at radius 1 is 0.491 bits per heavy atom. The molecule has 0 amide bonds. The molecule has 0 radical (unpaired) electrons. The van der Waals surface area contributed by atoms with Crippen LogP contribution >= 0.6 is 7.82 Å². The van der Waals surface area contributed by atoms with Crippen LogP contribution in [0, 0.1) is 0 Å². The van der Waals surface area contributed by atoms with Crippen LogP contribution < -0.4 is 0 Å². The van der Waals surface area contributed by atoms with Gasteiger partial charge in [0.2, 0.25) is 0 Å². The molecule has 0 aromatic carbocycles. The maximum Gasteiger partial charge on any atom is 0.469 e. The van der Waals surface area contributed by atoms with Crippen molar-refractivity contribution in [2.75, 3.05) is 13.2 Å². The van der Waals surface area contributed by atoms with Crippen molar-refractivity contribution in [2.24, 2.45) is 0 Å². The number of hydrogen-bond acceptors (Lipinski definition) is 6. The summed E-state index contributed by atoms with van der Waals surface area (Å²) in [5.74, 6) is -0.922. The maximum absolute atomic E-state index is 12.4. The zero-order valence-electron chi connectivity index (χ0n) is 34.2. The molecule has 310 valence electrons. The summed E-state index contributed by atoms with van der Waals surface area (Å²) in [4.78, 5) is 42.8. The van der Waals surface area contributed by atoms with Crippen molar-refractivity contribution in [1.29, 1.82) is 0 Å². The molecule has 53 heavy (non-hydrogen) atoms. The van der Waals surface area contributed by atoms with E-state index in [0.717, 1.165) is 51.4 Å². The third-order valence-corrected chi connectivity index (χ3v) is 9.90. The zero-order chi connectivity index (χ0) is 38.9. The number of esters is 2. The number of ether oxygens (including phenoxy) is 2. The molecule has 0 rings (SSSR count). The molecule has 0 saturated heterocycles. The molecule has 9 heteroatoms. The molecule has 0 aliphatic heterocycles. The van der Waals surface area contributed by atoms with Gasteiger partial charge >= 0.3 is 19.8 Å². The Balaban J connectivity index is 3.90. The van der Waals surface area contributed by atoms with E-state index in [1.54, 1.807) is 0 Å². The average Bonchev–Trinajstić information content (AvgIpc) is 3.13. The summed E-state index contributed by atoms with van der Waals surface area (Å²) in [5, 5.41) is 0. The van der Waals surface area contributed by atoms with Gasteiger partial charge in [0, 0.05) is 12.8 Å². The van der Waals surface area contributed by atoms with Gasteiger partial charge in [0.05, 0.1) is 6.61 Å². The van der Waals surface area contributed by atoms with Crippen LogP contribution in [-0.4, -0.2) is 41.0 Å². The van der Waals surface area contributed by atoms with Gasteiger partial charge in [-0.05, 0) is 51.4 Å². The van der Waals surface area contributed by atoms with Crippen LogP contribution in [0.2, 0.25) is 0 Å². The summed E-state index contributed by atoms with van der Waals surface area (Å²) in [5.41, 5.74) is 0. The second-order valence-corrected chi connectivity index (χ2v) is 15.9. The predicted molar refractivity (Wildman–Crippen MR) is 221 cm³/mol. The largest absolute Gasteiger partial charge is 0.469 e. The lowest BCUT2D eigenvalue weighted by Crippen LogP contribution is -2.29. The first-order chi connectivity index (χ1) is 25.8. The van der Waals surface area contributed by atoms with Crippen LogP contribution in [0.3, 0.4) is 0 Å². The fourth-order valence-corrected chi connectivity index (χ4v) is 6.51.